The molecule has 53 heavy (non-hydrogen) atoms. The van der Waals surface area contributed by atoms with Crippen LogP contribution in [0.5, 0.6) is 0 Å². The molecule has 0 saturated carbocycles. The van der Waals surface area contributed by atoms with Gasteiger partial charge in [-0.25, -0.2) is 9.97 Å². The van der Waals surface area contributed by atoms with Crippen LogP contribution in [0.15, 0.2) is 170 Å². The third-order valence-electron chi connectivity index (χ3n) is 10.9. The van der Waals surface area contributed by atoms with Crippen molar-refractivity contribution in [3.05, 3.63) is 170 Å². The summed E-state index contributed by atoms with van der Waals surface area (Å²) in [5, 5.41) is 8.50. The van der Waals surface area contributed by atoms with Crippen molar-refractivity contribution in [2.24, 2.45) is 0 Å². The molecule has 0 amide bonds. The van der Waals surface area contributed by atoms with E-state index in [-0.39, 0.29) is 0 Å². The molecule has 0 fully saturated rings. The standard InChI is InChI=1S/C48H28N4S/c1-2-11-29(12-3-1)31-23-26-44-37(27-31)35-17-10-16-34(46(35)53-44)32-22-24-41-38(28-32)45-33-14-5-4-13-30(33)21-25-43(45)51(41)48-50-39-18-7-6-15-36(39)47-49-40-19-8-9-20-42(40)52(47)48/h1-28H. The zero-order valence-corrected chi connectivity index (χ0v) is 29.2. The van der Waals surface area contributed by atoms with Gasteiger partial charge in [0.1, 0.15) is 5.65 Å². The Morgan fingerprint density at radius 1 is 0.434 bits per heavy atom. The maximum absolute atomic E-state index is 5.41. The zero-order chi connectivity index (χ0) is 34.6. The van der Waals surface area contributed by atoms with Crippen molar-refractivity contribution in [1.29, 1.82) is 0 Å². The van der Waals surface area contributed by atoms with Crippen LogP contribution in [0.1, 0.15) is 0 Å². The second-order valence-corrected chi connectivity index (χ2v) is 14.9. The van der Waals surface area contributed by atoms with E-state index >= 15 is 0 Å². The van der Waals surface area contributed by atoms with Gasteiger partial charge in [-0.2, -0.15) is 0 Å². The van der Waals surface area contributed by atoms with Gasteiger partial charge in [0, 0.05) is 36.3 Å². The number of aromatic nitrogens is 4. The van der Waals surface area contributed by atoms with Crippen LogP contribution >= 0.6 is 11.3 Å². The average Bonchev–Trinajstić information content (AvgIpc) is 3.90. The summed E-state index contributed by atoms with van der Waals surface area (Å²) < 4.78 is 7.19. The van der Waals surface area contributed by atoms with Crippen LogP contribution < -0.4 is 0 Å². The first kappa shape index (κ1) is 28.8. The Morgan fingerprint density at radius 2 is 1.17 bits per heavy atom. The Labute approximate surface area is 307 Å². The van der Waals surface area contributed by atoms with Gasteiger partial charge >= 0.3 is 0 Å². The number of hydrogen-bond donors (Lipinski definition) is 0. The number of rotatable bonds is 3. The van der Waals surface area contributed by atoms with Gasteiger partial charge in [-0.1, -0.05) is 115 Å². The van der Waals surface area contributed by atoms with Crippen molar-refractivity contribution in [3.8, 4) is 28.2 Å². The van der Waals surface area contributed by atoms with E-state index in [0.29, 0.717) is 0 Å². The minimum absolute atomic E-state index is 0.830. The number of para-hydroxylation sites is 3. The predicted octanol–water partition coefficient (Wildman–Crippen LogP) is 13.0. The van der Waals surface area contributed by atoms with Gasteiger partial charge < -0.3 is 0 Å². The summed E-state index contributed by atoms with van der Waals surface area (Å²) in [6.45, 7) is 0. The van der Waals surface area contributed by atoms with Crippen LogP contribution in [0.4, 0.5) is 0 Å². The molecule has 5 heteroatoms. The zero-order valence-electron chi connectivity index (χ0n) is 28.4. The number of imidazole rings is 1. The summed E-state index contributed by atoms with van der Waals surface area (Å²) >= 11 is 1.88. The highest BCUT2D eigenvalue weighted by atomic mass is 32.1. The van der Waals surface area contributed by atoms with Gasteiger partial charge in [0.15, 0.2) is 0 Å². The van der Waals surface area contributed by atoms with Crippen molar-refractivity contribution in [2.45, 2.75) is 0 Å². The molecule has 0 saturated heterocycles. The maximum atomic E-state index is 5.41. The first-order valence-corrected chi connectivity index (χ1v) is 18.7. The molecule has 0 bridgehead atoms. The minimum Gasteiger partial charge on any atom is -0.279 e. The van der Waals surface area contributed by atoms with Crippen LogP contribution in [-0.4, -0.2) is 18.9 Å². The van der Waals surface area contributed by atoms with E-state index in [9.17, 15) is 0 Å². The van der Waals surface area contributed by atoms with Crippen LogP contribution in [0.3, 0.4) is 0 Å². The Hall–Kier alpha value is -6.82. The fourth-order valence-electron chi connectivity index (χ4n) is 8.49. The summed E-state index contributed by atoms with van der Waals surface area (Å²) in [4.78, 5) is 10.6. The van der Waals surface area contributed by atoms with E-state index in [1.807, 2.05) is 11.3 Å². The van der Waals surface area contributed by atoms with Crippen molar-refractivity contribution in [1.82, 2.24) is 18.9 Å². The first-order valence-electron chi connectivity index (χ1n) is 17.9. The lowest BCUT2D eigenvalue weighted by Crippen LogP contribution is -2.06. The lowest BCUT2D eigenvalue weighted by atomic mass is 9.98. The molecule has 0 aliphatic heterocycles. The molecule has 0 radical (unpaired) electrons. The van der Waals surface area contributed by atoms with E-state index in [2.05, 4.69) is 179 Å². The van der Waals surface area contributed by atoms with Crippen LogP contribution in [0.25, 0.3) is 109 Å². The molecule has 12 aromatic rings. The maximum Gasteiger partial charge on any atom is 0.221 e. The quantitative estimate of drug-likeness (QED) is 0.185. The largest absolute Gasteiger partial charge is 0.279 e. The van der Waals surface area contributed by atoms with E-state index in [1.165, 1.54) is 64.0 Å². The third-order valence-corrected chi connectivity index (χ3v) is 12.1. The highest BCUT2D eigenvalue weighted by Crippen LogP contribution is 2.44. The lowest BCUT2D eigenvalue weighted by Gasteiger charge is -2.13. The molecule has 4 aromatic heterocycles. The van der Waals surface area contributed by atoms with E-state index in [1.54, 1.807) is 0 Å². The molecule has 8 aromatic carbocycles. The van der Waals surface area contributed by atoms with Crippen LogP contribution in [0, 0.1) is 0 Å². The van der Waals surface area contributed by atoms with Crippen LogP contribution in [0.2, 0.25) is 0 Å². The Bertz CT molecular complexity index is 3460. The van der Waals surface area contributed by atoms with Crippen molar-refractivity contribution < 1.29 is 0 Å². The van der Waals surface area contributed by atoms with Crippen molar-refractivity contribution in [3.63, 3.8) is 0 Å². The molecular weight excluding hydrogens is 665 g/mol. The molecule has 0 atom stereocenters. The fraction of sp³-hybridized carbons (Fsp3) is 0. The lowest BCUT2D eigenvalue weighted by molar-refractivity contribution is 0.980. The number of nitrogens with zero attached hydrogens (tertiary/aromatic N) is 4. The summed E-state index contributed by atoms with van der Waals surface area (Å²) in [6, 6.07) is 61.2. The van der Waals surface area contributed by atoms with Gasteiger partial charge in [0.25, 0.3) is 0 Å². The topological polar surface area (TPSA) is 35.1 Å². The van der Waals surface area contributed by atoms with E-state index in [0.717, 1.165) is 44.6 Å². The highest BCUT2D eigenvalue weighted by molar-refractivity contribution is 7.26. The summed E-state index contributed by atoms with van der Waals surface area (Å²) in [7, 11) is 0. The molecule has 4 nitrogen and oxygen atoms in total. The van der Waals surface area contributed by atoms with Crippen LogP contribution in [-0.2, 0) is 0 Å². The molecule has 0 aliphatic rings. The van der Waals surface area contributed by atoms with Gasteiger partial charge in [-0.05, 0) is 87.6 Å². The second-order valence-electron chi connectivity index (χ2n) is 13.8. The van der Waals surface area contributed by atoms with Gasteiger partial charge in [0.2, 0.25) is 5.95 Å². The molecule has 0 unspecified atom stereocenters. The van der Waals surface area contributed by atoms with E-state index < -0.39 is 0 Å². The van der Waals surface area contributed by atoms with Crippen molar-refractivity contribution >= 4 is 91.7 Å². The van der Waals surface area contributed by atoms with Crippen molar-refractivity contribution in [2.75, 3.05) is 0 Å². The number of benzene rings is 8. The van der Waals surface area contributed by atoms with Gasteiger partial charge in [0.05, 0.1) is 27.6 Å². The van der Waals surface area contributed by atoms with E-state index in [4.69, 9.17) is 9.97 Å². The number of thiophene rings is 1. The Morgan fingerprint density at radius 3 is 2.09 bits per heavy atom. The second kappa shape index (κ2) is 10.8. The summed E-state index contributed by atoms with van der Waals surface area (Å²) in [5.41, 5.74) is 11.0. The smallest absolute Gasteiger partial charge is 0.221 e. The fourth-order valence-corrected chi connectivity index (χ4v) is 9.71. The molecule has 0 N–H and O–H groups in total. The Balaban J connectivity index is 1.16. The SMILES string of the molecule is c1ccc(-c2ccc3sc4c(-c5ccc6c(c5)c5c7ccccc7ccc5n6-c5nc6ccccc6c6nc7ccccc7n56)cccc4c3c2)cc1. The molecule has 4 heterocycles. The number of hydrogen-bond acceptors (Lipinski definition) is 3. The number of fused-ring (bicyclic) bond motifs is 13. The molecule has 0 spiro atoms. The Kier molecular flexibility index (Phi) is 5.90. The summed E-state index contributed by atoms with van der Waals surface area (Å²) in [6.07, 6.45) is 0. The monoisotopic (exact) mass is 692 g/mol. The predicted molar refractivity (Wildman–Crippen MR) is 224 cm³/mol. The first-order chi connectivity index (χ1) is 26.3. The minimum atomic E-state index is 0.830. The molecule has 12 rings (SSSR count). The average molecular weight is 693 g/mol. The third kappa shape index (κ3) is 4.11. The normalized spacial score (nSPS) is 12.2. The van der Waals surface area contributed by atoms with Gasteiger partial charge in [-0.3, -0.25) is 8.97 Å². The molecule has 0 aliphatic carbocycles. The summed E-state index contributed by atoms with van der Waals surface area (Å²) in [5.74, 6) is 0.830. The molecule has 246 valence electrons. The highest BCUT2D eigenvalue weighted by Gasteiger charge is 2.22. The van der Waals surface area contributed by atoms with Gasteiger partial charge in [-0.15, -0.1) is 11.3 Å². The molecular formula is C48H28N4S.